The van der Waals surface area contributed by atoms with Gasteiger partial charge in [0.05, 0.1) is 0 Å². The largest absolute Gasteiger partial charge is 0.480 e. The summed E-state index contributed by atoms with van der Waals surface area (Å²) in [7, 11) is 0. The second kappa shape index (κ2) is 7.50. The van der Waals surface area contributed by atoms with Gasteiger partial charge in [-0.15, -0.1) is 0 Å². The molecule has 1 fully saturated rings. The van der Waals surface area contributed by atoms with E-state index in [9.17, 15) is 14.7 Å². The summed E-state index contributed by atoms with van der Waals surface area (Å²) in [6.45, 7) is 7.48. The Morgan fingerprint density at radius 2 is 1.75 bits per heavy atom. The normalized spacial score (nSPS) is 17.2. The second-order valence-electron chi connectivity index (χ2n) is 5.75. The number of nitrogens with zero attached hydrogens (tertiary/aromatic N) is 1. The first-order valence-electron chi connectivity index (χ1n) is 7.79. The number of rotatable bonds is 7. The van der Waals surface area contributed by atoms with Gasteiger partial charge in [-0.1, -0.05) is 39.5 Å². The highest BCUT2D eigenvalue weighted by atomic mass is 16.4. The molecule has 2 N–H and O–H groups in total. The maximum absolute atomic E-state index is 12.4. The Bertz CT molecular complexity index is 334. The van der Waals surface area contributed by atoms with Crippen LogP contribution < -0.4 is 5.32 Å². The first-order valence-corrected chi connectivity index (χ1v) is 7.79. The van der Waals surface area contributed by atoms with Gasteiger partial charge >= 0.3 is 12.0 Å². The molecule has 1 saturated carbocycles. The van der Waals surface area contributed by atoms with Crippen LogP contribution in [0.4, 0.5) is 4.79 Å². The second-order valence-corrected chi connectivity index (χ2v) is 5.75. The van der Waals surface area contributed by atoms with Gasteiger partial charge in [0.25, 0.3) is 0 Å². The number of amides is 2. The quantitative estimate of drug-likeness (QED) is 0.755. The fourth-order valence-electron chi connectivity index (χ4n) is 2.87. The number of aliphatic carboxylic acids is 1. The Morgan fingerprint density at radius 3 is 2.15 bits per heavy atom. The Hall–Kier alpha value is -1.26. The molecule has 116 valence electrons. The molecular formula is C15H28N2O3. The number of carboxylic acid groups (broad SMARTS) is 1. The Morgan fingerprint density at radius 1 is 1.20 bits per heavy atom. The Kier molecular flexibility index (Phi) is 6.30. The summed E-state index contributed by atoms with van der Waals surface area (Å²) in [6, 6.07) is -0.233. The van der Waals surface area contributed by atoms with Crippen molar-refractivity contribution in [1.29, 1.82) is 0 Å². The van der Waals surface area contributed by atoms with Crippen LogP contribution in [-0.2, 0) is 4.79 Å². The van der Waals surface area contributed by atoms with Crippen molar-refractivity contribution in [3.63, 3.8) is 0 Å². The molecule has 2 amide bonds. The summed E-state index contributed by atoms with van der Waals surface area (Å²) >= 11 is 0. The predicted molar refractivity (Wildman–Crippen MR) is 78.7 cm³/mol. The Balaban J connectivity index is 2.68. The highest BCUT2D eigenvalue weighted by Crippen LogP contribution is 2.30. The van der Waals surface area contributed by atoms with E-state index in [1.165, 1.54) is 0 Å². The third kappa shape index (κ3) is 3.87. The number of carbonyl (C=O) groups excluding carboxylic acids is 1. The molecule has 5 nitrogen and oxygen atoms in total. The molecule has 0 aromatic rings. The lowest BCUT2D eigenvalue weighted by Gasteiger charge is -2.31. The molecule has 0 unspecified atom stereocenters. The lowest BCUT2D eigenvalue weighted by atomic mass is 9.98. The summed E-state index contributed by atoms with van der Waals surface area (Å²) in [5.74, 6) is -0.424. The molecule has 0 spiro atoms. The van der Waals surface area contributed by atoms with E-state index in [-0.39, 0.29) is 6.03 Å². The minimum absolute atomic E-state index is 0.233. The SMILES string of the molecule is CCC(CC)CN(CC)C(=O)NC1(C(=O)O)CCCC1. The molecular weight excluding hydrogens is 256 g/mol. The molecule has 0 atom stereocenters. The van der Waals surface area contributed by atoms with Crippen molar-refractivity contribution in [1.82, 2.24) is 10.2 Å². The lowest BCUT2D eigenvalue weighted by molar-refractivity contribution is -0.144. The third-order valence-corrected chi connectivity index (χ3v) is 4.51. The molecule has 0 heterocycles. The maximum atomic E-state index is 12.4. The summed E-state index contributed by atoms with van der Waals surface area (Å²) in [5.41, 5.74) is -1.04. The van der Waals surface area contributed by atoms with E-state index in [4.69, 9.17) is 0 Å². The summed E-state index contributed by atoms with van der Waals surface area (Å²) in [5, 5.41) is 12.2. The van der Waals surface area contributed by atoms with Gasteiger partial charge < -0.3 is 15.3 Å². The van der Waals surface area contributed by atoms with E-state index >= 15 is 0 Å². The molecule has 1 aliphatic rings. The van der Waals surface area contributed by atoms with Gasteiger partial charge in [-0.25, -0.2) is 9.59 Å². The summed E-state index contributed by atoms with van der Waals surface area (Å²) in [6.07, 6.45) is 4.87. The van der Waals surface area contributed by atoms with Gasteiger partial charge in [0.2, 0.25) is 0 Å². The van der Waals surface area contributed by atoms with Gasteiger partial charge in [-0.2, -0.15) is 0 Å². The minimum Gasteiger partial charge on any atom is -0.480 e. The van der Waals surface area contributed by atoms with E-state index in [0.717, 1.165) is 25.7 Å². The highest BCUT2D eigenvalue weighted by molar-refractivity contribution is 5.86. The molecule has 20 heavy (non-hydrogen) atoms. The van der Waals surface area contributed by atoms with Crippen molar-refractivity contribution < 1.29 is 14.7 Å². The van der Waals surface area contributed by atoms with Gasteiger partial charge in [0.15, 0.2) is 0 Å². The van der Waals surface area contributed by atoms with Gasteiger partial charge in [-0.3, -0.25) is 0 Å². The van der Waals surface area contributed by atoms with Crippen LogP contribution in [0.25, 0.3) is 0 Å². The average molecular weight is 284 g/mol. The molecule has 0 saturated heterocycles. The van der Waals surface area contributed by atoms with E-state index < -0.39 is 11.5 Å². The highest BCUT2D eigenvalue weighted by Gasteiger charge is 2.43. The van der Waals surface area contributed by atoms with Crippen LogP contribution in [0.2, 0.25) is 0 Å². The lowest BCUT2D eigenvalue weighted by Crippen LogP contribution is -2.56. The standard InChI is InChI=1S/C15H28N2O3/c1-4-12(5-2)11-17(6-3)14(20)16-15(13(18)19)9-7-8-10-15/h12H,4-11H2,1-3H3,(H,16,20)(H,18,19). The fraction of sp³-hybridized carbons (Fsp3) is 0.867. The number of urea groups is 1. The van der Waals surface area contributed by atoms with Crippen molar-refractivity contribution in [2.45, 2.75) is 64.8 Å². The van der Waals surface area contributed by atoms with Crippen LogP contribution in [-0.4, -0.2) is 40.6 Å². The molecule has 0 aromatic carbocycles. The predicted octanol–water partition coefficient (Wildman–Crippen LogP) is 2.85. The molecule has 1 aliphatic carbocycles. The minimum atomic E-state index is -1.04. The summed E-state index contributed by atoms with van der Waals surface area (Å²) < 4.78 is 0. The smallest absolute Gasteiger partial charge is 0.329 e. The third-order valence-electron chi connectivity index (χ3n) is 4.51. The van der Waals surface area contributed by atoms with Crippen molar-refractivity contribution in [3.05, 3.63) is 0 Å². The molecule has 0 aromatic heterocycles. The number of hydrogen-bond acceptors (Lipinski definition) is 2. The maximum Gasteiger partial charge on any atom is 0.329 e. The van der Waals surface area contributed by atoms with Crippen LogP contribution in [0.15, 0.2) is 0 Å². The molecule has 0 bridgehead atoms. The first-order chi connectivity index (χ1) is 9.49. The van der Waals surface area contributed by atoms with E-state index in [1.807, 2.05) is 6.92 Å². The van der Waals surface area contributed by atoms with Gasteiger partial charge in [0, 0.05) is 13.1 Å². The summed E-state index contributed by atoms with van der Waals surface area (Å²) in [4.78, 5) is 25.6. The van der Waals surface area contributed by atoms with E-state index in [1.54, 1.807) is 4.90 Å². The average Bonchev–Trinajstić information content (AvgIpc) is 2.90. The zero-order chi connectivity index (χ0) is 15.2. The van der Waals surface area contributed by atoms with Crippen molar-refractivity contribution >= 4 is 12.0 Å². The van der Waals surface area contributed by atoms with Crippen LogP contribution in [0, 0.1) is 5.92 Å². The molecule has 5 heteroatoms. The monoisotopic (exact) mass is 284 g/mol. The van der Waals surface area contributed by atoms with Crippen LogP contribution in [0.3, 0.4) is 0 Å². The zero-order valence-corrected chi connectivity index (χ0v) is 12.9. The number of hydrogen-bond donors (Lipinski definition) is 2. The van der Waals surface area contributed by atoms with Crippen molar-refractivity contribution in [2.75, 3.05) is 13.1 Å². The fourth-order valence-corrected chi connectivity index (χ4v) is 2.87. The van der Waals surface area contributed by atoms with E-state index in [0.29, 0.717) is 31.8 Å². The Labute approximate surface area is 121 Å². The van der Waals surface area contributed by atoms with Crippen LogP contribution in [0.5, 0.6) is 0 Å². The molecule has 1 rings (SSSR count). The van der Waals surface area contributed by atoms with Gasteiger partial charge in [0.1, 0.15) is 5.54 Å². The van der Waals surface area contributed by atoms with E-state index in [2.05, 4.69) is 19.2 Å². The molecule has 0 aliphatic heterocycles. The van der Waals surface area contributed by atoms with Crippen LogP contribution in [0.1, 0.15) is 59.3 Å². The van der Waals surface area contributed by atoms with Crippen molar-refractivity contribution in [2.24, 2.45) is 5.92 Å². The number of carboxylic acids is 1. The van der Waals surface area contributed by atoms with Gasteiger partial charge in [-0.05, 0) is 25.7 Å². The van der Waals surface area contributed by atoms with Crippen molar-refractivity contribution in [3.8, 4) is 0 Å². The first kappa shape index (κ1) is 16.8. The topological polar surface area (TPSA) is 69.6 Å². The number of nitrogens with one attached hydrogen (secondary N) is 1. The number of carbonyl (C=O) groups is 2. The zero-order valence-electron chi connectivity index (χ0n) is 12.9. The molecule has 0 radical (unpaired) electrons. The van der Waals surface area contributed by atoms with Crippen LogP contribution >= 0.6 is 0 Å².